The van der Waals surface area contributed by atoms with Gasteiger partial charge in [-0.1, -0.05) is 18.2 Å². The van der Waals surface area contributed by atoms with Crippen LogP contribution in [-0.4, -0.2) is 13.2 Å². The van der Waals surface area contributed by atoms with Crippen molar-refractivity contribution in [3.8, 4) is 0 Å². The Hall–Kier alpha value is -0.350. The number of hydrogen-bond donors (Lipinski definition) is 0. The summed E-state index contributed by atoms with van der Waals surface area (Å²) in [6.45, 7) is 5.28. The fourth-order valence-corrected chi connectivity index (χ4v) is 3.08. The molecule has 0 aromatic heterocycles. The lowest BCUT2D eigenvalue weighted by molar-refractivity contribution is 0.102. The summed E-state index contributed by atoms with van der Waals surface area (Å²) in [7, 11) is 0. The molecule has 2 heteroatoms. The molecule has 0 bridgehead atoms. The molecule has 0 unspecified atom stereocenters. The van der Waals surface area contributed by atoms with Crippen LogP contribution in [0.1, 0.15) is 37.2 Å². The summed E-state index contributed by atoms with van der Waals surface area (Å²) in [6.07, 6.45) is 7.05. The van der Waals surface area contributed by atoms with Crippen LogP contribution in [0.4, 0.5) is 0 Å². The lowest BCUT2D eigenvalue weighted by Crippen LogP contribution is -2.18. The molecular formula is C16H21IO. The summed E-state index contributed by atoms with van der Waals surface area (Å²) >= 11 is 2.36. The molecular weight excluding hydrogens is 335 g/mol. The van der Waals surface area contributed by atoms with Gasteiger partial charge in [0.15, 0.2) is 0 Å². The third-order valence-electron chi connectivity index (χ3n) is 3.78. The van der Waals surface area contributed by atoms with E-state index in [2.05, 4.69) is 53.4 Å². The smallest absolute Gasteiger partial charge is 0.0644 e. The molecule has 0 N–H and O–H groups in total. The Morgan fingerprint density at radius 3 is 2.44 bits per heavy atom. The molecule has 1 aliphatic carbocycles. The van der Waals surface area contributed by atoms with Crippen LogP contribution in [0.15, 0.2) is 36.9 Å². The number of halogens is 1. The van der Waals surface area contributed by atoms with Gasteiger partial charge in [-0.3, -0.25) is 0 Å². The van der Waals surface area contributed by atoms with Crippen molar-refractivity contribution in [2.24, 2.45) is 5.92 Å². The maximum atomic E-state index is 5.56. The van der Waals surface area contributed by atoms with Crippen molar-refractivity contribution in [3.63, 3.8) is 0 Å². The van der Waals surface area contributed by atoms with E-state index in [9.17, 15) is 0 Å². The Morgan fingerprint density at radius 1 is 1.17 bits per heavy atom. The monoisotopic (exact) mass is 356 g/mol. The number of benzene rings is 1. The molecule has 0 radical (unpaired) electrons. The van der Waals surface area contributed by atoms with Gasteiger partial charge in [-0.2, -0.15) is 0 Å². The average molecular weight is 356 g/mol. The normalized spacial score (nSPS) is 23.8. The van der Waals surface area contributed by atoms with Crippen molar-refractivity contribution < 1.29 is 4.74 Å². The highest BCUT2D eigenvalue weighted by molar-refractivity contribution is 14.1. The van der Waals surface area contributed by atoms with Gasteiger partial charge in [0.25, 0.3) is 0 Å². The summed E-state index contributed by atoms with van der Waals surface area (Å²) in [6, 6.07) is 9.02. The molecule has 1 aliphatic rings. The Kier molecular flexibility index (Phi) is 5.70. The standard InChI is InChI=1S/C16H21IO/c1-2-11-18-12-13-3-5-14(6-4-13)15-7-9-16(17)10-8-15/h2,7-10,13-14H,1,3-6,11-12H2. The van der Waals surface area contributed by atoms with Crippen molar-refractivity contribution in [1.82, 2.24) is 0 Å². The molecule has 1 aromatic rings. The summed E-state index contributed by atoms with van der Waals surface area (Å²) in [5.41, 5.74) is 1.51. The van der Waals surface area contributed by atoms with Crippen molar-refractivity contribution in [2.75, 3.05) is 13.2 Å². The van der Waals surface area contributed by atoms with E-state index in [4.69, 9.17) is 4.74 Å². The first-order valence-electron chi connectivity index (χ1n) is 6.73. The van der Waals surface area contributed by atoms with Crippen LogP contribution >= 0.6 is 22.6 Å². The van der Waals surface area contributed by atoms with Crippen LogP contribution in [0.5, 0.6) is 0 Å². The second-order valence-electron chi connectivity index (χ2n) is 5.10. The van der Waals surface area contributed by atoms with Crippen LogP contribution in [-0.2, 0) is 4.74 Å². The summed E-state index contributed by atoms with van der Waals surface area (Å²) < 4.78 is 6.88. The summed E-state index contributed by atoms with van der Waals surface area (Å²) in [5, 5.41) is 0. The van der Waals surface area contributed by atoms with Gasteiger partial charge in [0.1, 0.15) is 0 Å². The minimum absolute atomic E-state index is 0.692. The van der Waals surface area contributed by atoms with Gasteiger partial charge in [-0.25, -0.2) is 0 Å². The van der Waals surface area contributed by atoms with E-state index >= 15 is 0 Å². The van der Waals surface area contributed by atoms with Crippen LogP contribution in [0, 0.1) is 9.49 Å². The molecule has 2 rings (SSSR count). The lowest BCUT2D eigenvalue weighted by atomic mass is 9.79. The van der Waals surface area contributed by atoms with Crippen molar-refractivity contribution in [1.29, 1.82) is 0 Å². The third-order valence-corrected chi connectivity index (χ3v) is 4.50. The van der Waals surface area contributed by atoms with Crippen LogP contribution < -0.4 is 0 Å². The molecule has 98 valence electrons. The molecule has 0 heterocycles. The highest BCUT2D eigenvalue weighted by Crippen LogP contribution is 2.35. The maximum Gasteiger partial charge on any atom is 0.0644 e. The van der Waals surface area contributed by atoms with Gasteiger partial charge in [-0.05, 0) is 77.8 Å². The number of rotatable bonds is 5. The quantitative estimate of drug-likeness (QED) is 0.420. The van der Waals surface area contributed by atoms with Crippen molar-refractivity contribution >= 4 is 22.6 Å². The van der Waals surface area contributed by atoms with E-state index in [-0.39, 0.29) is 0 Å². The Bertz CT molecular complexity index is 363. The zero-order valence-corrected chi connectivity index (χ0v) is 12.9. The van der Waals surface area contributed by atoms with Crippen LogP contribution in [0.2, 0.25) is 0 Å². The molecule has 0 aliphatic heterocycles. The topological polar surface area (TPSA) is 9.23 Å². The second-order valence-corrected chi connectivity index (χ2v) is 6.34. The zero-order valence-electron chi connectivity index (χ0n) is 10.8. The van der Waals surface area contributed by atoms with E-state index in [0.29, 0.717) is 6.61 Å². The summed E-state index contributed by atoms with van der Waals surface area (Å²) in [5.74, 6) is 1.52. The first kappa shape index (κ1) is 14.1. The van der Waals surface area contributed by atoms with Crippen LogP contribution in [0.25, 0.3) is 0 Å². The third kappa shape index (κ3) is 4.09. The predicted octanol–water partition coefficient (Wildman–Crippen LogP) is 4.77. The second kappa shape index (κ2) is 7.29. The van der Waals surface area contributed by atoms with E-state index in [1.807, 2.05) is 6.08 Å². The molecule has 0 spiro atoms. The molecule has 1 nitrogen and oxygen atoms in total. The molecule has 1 fully saturated rings. The average Bonchev–Trinajstić information content (AvgIpc) is 2.41. The fourth-order valence-electron chi connectivity index (χ4n) is 2.72. The molecule has 0 atom stereocenters. The largest absolute Gasteiger partial charge is 0.377 e. The highest BCUT2D eigenvalue weighted by Gasteiger charge is 2.22. The molecule has 0 saturated heterocycles. The number of hydrogen-bond acceptors (Lipinski definition) is 1. The minimum atomic E-state index is 0.692. The van der Waals surface area contributed by atoms with E-state index < -0.39 is 0 Å². The van der Waals surface area contributed by atoms with Gasteiger partial charge in [0.05, 0.1) is 6.61 Å². The molecule has 1 saturated carbocycles. The lowest BCUT2D eigenvalue weighted by Gasteiger charge is -2.28. The fraction of sp³-hybridized carbons (Fsp3) is 0.500. The first-order valence-corrected chi connectivity index (χ1v) is 7.81. The van der Waals surface area contributed by atoms with Gasteiger partial charge in [-0.15, -0.1) is 6.58 Å². The Morgan fingerprint density at radius 2 is 1.83 bits per heavy atom. The molecule has 0 amide bonds. The van der Waals surface area contributed by atoms with Gasteiger partial charge in [0.2, 0.25) is 0 Å². The Labute approximate surface area is 124 Å². The van der Waals surface area contributed by atoms with Gasteiger partial charge >= 0.3 is 0 Å². The van der Waals surface area contributed by atoms with Gasteiger partial charge < -0.3 is 4.74 Å². The SMILES string of the molecule is C=CCOCC1CCC(c2ccc(I)cc2)CC1. The van der Waals surface area contributed by atoms with Crippen LogP contribution in [0.3, 0.4) is 0 Å². The Balaban J connectivity index is 1.79. The van der Waals surface area contributed by atoms with Crippen molar-refractivity contribution in [2.45, 2.75) is 31.6 Å². The molecule has 1 aromatic carbocycles. The highest BCUT2D eigenvalue weighted by atomic mass is 127. The molecule has 18 heavy (non-hydrogen) atoms. The van der Waals surface area contributed by atoms with Crippen molar-refractivity contribution in [3.05, 3.63) is 46.1 Å². The predicted molar refractivity (Wildman–Crippen MR) is 84.9 cm³/mol. The first-order chi connectivity index (χ1) is 8.79. The minimum Gasteiger partial charge on any atom is -0.377 e. The summed E-state index contributed by atoms with van der Waals surface area (Å²) in [4.78, 5) is 0. The zero-order chi connectivity index (χ0) is 12.8. The van der Waals surface area contributed by atoms with Gasteiger partial charge in [0, 0.05) is 10.2 Å². The number of ether oxygens (including phenoxy) is 1. The van der Waals surface area contributed by atoms with E-state index in [1.165, 1.54) is 34.8 Å². The van der Waals surface area contributed by atoms with E-state index in [0.717, 1.165) is 18.4 Å². The van der Waals surface area contributed by atoms with E-state index in [1.54, 1.807) is 0 Å². The maximum absolute atomic E-state index is 5.56.